The van der Waals surface area contributed by atoms with E-state index in [1.54, 1.807) is 24.3 Å². The first-order valence-corrected chi connectivity index (χ1v) is 4.50. The molecule has 0 bridgehead atoms. The van der Waals surface area contributed by atoms with Crippen LogP contribution in [0.15, 0.2) is 30.0 Å². The minimum Gasteiger partial charge on any atom is -0.376 e. The Balaban J connectivity index is 2.70. The highest BCUT2D eigenvalue weighted by Gasteiger charge is 2.40. The molecule has 1 aromatic rings. The van der Waals surface area contributed by atoms with Gasteiger partial charge in [0, 0.05) is 11.6 Å². The second kappa shape index (κ2) is 3.69. The summed E-state index contributed by atoms with van der Waals surface area (Å²) in [5.41, 5.74) is 8.99. The van der Waals surface area contributed by atoms with Gasteiger partial charge in [0.1, 0.15) is 0 Å². The van der Waals surface area contributed by atoms with E-state index in [0.29, 0.717) is 11.1 Å². The summed E-state index contributed by atoms with van der Waals surface area (Å²) in [7, 11) is 0. The average Bonchev–Trinajstić information content (AvgIpc) is 2.29. The number of rotatable bonds is 1. The molecule has 16 heavy (non-hydrogen) atoms. The van der Waals surface area contributed by atoms with Gasteiger partial charge in [0.15, 0.2) is 6.10 Å². The summed E-state index contributed by atoms with van der Waals surface area (Å²) in [5.74, 6) is 0. The Hall–Kier alpha value is -2.30. The highest BCUT2D eigenvalue weighted by atomic mass is 16.6. The predicted octanol–water partition coefficient (Wildman–Crippen LogP) is 1.02. The third-order valence-corrected chi connectivity index (χ3v) is 2.41. The van der Waals surface area contributed by atoms with E-state index in [4.69, 9.17) is 5.53 Å². The number of fused-ring (bicyclic) bond motifs is 1. The van der Waals surface area contributed by atoms with Crippen LogP contribution in [-0.2, 0) is 0 Å². The summed E-state index contributed by atoms with van der Waals surface area (Å²) in [6.45, 7) is 0. The van der Waals surface area contributed by atoms with Gasteiger partial charge < -0.3 is 10.6 Å². The summed E-state index contributed by atoms with van der Waals surface area (Å²) in [6.07, 6.45) is 0.00324. The molecule has 1 atom stereocenters. The summed E-state index contributed by atoms with van der Waals surface area (Å²) in [4.78, 5) is 12.8. The van der Waals surface area contributed by atoms with Gasteiger partial charge in [0.2, 0.25) is 0 Å². The molecule has 2 rings (SSSR count). The average molecular weight is 217 g/mol. The maximum absolute atomic E-state index is 10.7. The molecule has 1 aromatic carbocycles. The monoisotopic (exact) mass is 217 g/mol. The van der Waals surface area contributed by atoms with Crippen molar-refractivity contribution in [3.05, 3.63) is 56.7 Å². The van der Waals surface area contributed by atoms with Gasteiger partial charge in [-0.2, -0.15) is 4.79 Å². The molecule has 6 nitrogen and oxygen atoms in total. The number of aliphatic hydroxyl groups is 1. The molecule has 0 spiro atoms. The van der Waals surface area contributed by atoms with Gasteiger partial charge >= 0.3 is 11.4 Å². The summed E-state index contributed by atoms with van der Waals surface area (Å²) < 4.78 is 0. The first kappa shape index (κ1) is 10.2. The van der Waals surface area contributed by atoms with E-state index in [1.807, 2.05) is 0 Å². The van der Waals surface area contributed by atoms with Gasteiger partial charge in [-0.3, -0.25) is 10.1 Å². The molecule has 80 valence electrons. The molecule has 0 aromatic heterocycles. The smallest absolute Gasteiger partial charge is 0.376 e. The molecule has 0 amide bonds. The van der Waals surface area contributed by atoms with Crippen molar-refractivity contribution < 1.29 is 14.8 Å². The van der Waals surface area contributed by atoms with Crippen LogP contribution in [0.25, 0.3) is 11.6 Å². The molecule has 1 unspecified atom stereocenters. The largest absolute Gasteiger partial charge is 0.400 e. The minimum atomic E-state index is -1.27. The number of aliphatic hydroxyl groups excluding tert-OH is 1. The van der Waals surface area contributed by atoms with E-state index in [2.05, 4.69) is 4.79 Å². The van der Waals surface area contributed by atoms with Crippen LogP contribution in [-0.4, -0.2) is 20.5 Å². The Morgan fingerprint density at radius 3 is 2.75 bits per heavy atom. The van der Waals surface area contributed by atoms with Gasteiger partial charge in [-0.25, -0.2) is 0 Å². The van der Waals surface area contributed by atoms with Crippen molar-refractivity contribution in [3.63, 3.8) is 0 Å². The lowest BCUT2D eigenvalue weighted by Gasteiger charge is -2.13. The quantitative estimate of drug-likeness (QED) is 0.329. The first-order valence-electron chi connectivity index (χ1n) is 4.50. The van der Waals surface area contributed by atoms with Gasteiger partial charge in [0.05, 0.1) is 4.92 Å². The fourth-order valence-corrected chi connectivity index (χ4v) is 1.65. The first-order chi connectivity index (χ1) is 7.65. The topological polar surface area (TPSA) is 99.8 Å². The summed E-state index contributed by atoms with van der Waals surface area (Å²) in [5, 5.41) is 20.5. The highest BCUT2D eigenvalue weighted by Crippen LogP contribution is 2.28. The van der Waals surface area contributed by atoms with Crippen LogP contribution in [0, 0.1) is 10.1 Å². The molecule has 0 heterocycles. The Labute approximate surface area is 90.2 Å². The Kier molecular flexibility index (Phi) is 2.36. The van der Waals surface area contributed by atoms with Crippen LogP contribution < -0.4 is 0 Å². The summed E-state index contributed by atoms with van der Waals surface area (Å²) in [6, 6.07) is 6.68. The van der Waals surface area contributed by atoms with E-state index < -0.39 is 16.7 Å². The number of nitrogens with zero attached hydrogens (tertiary/aromatic N) is 3. The minimum absolute atomic E-state index is 0.344. The lowest BCUT2D eigenvalue weighted by Crippen LogP contribution is -2.24. The normalized spacial score (nSPS) is 18.4. The van der Waals surface area contributed by atoms with Crippen molar-refractivity contribution in [2.24, 2.45) is 0 Å². The Morgan fingerprint density at radius 2 is 2.12 bits per heavy atom. The third kappa shape index (κ3) is 1.42. The maximum atomic E-state index is 10.7. The second-order valence-electron chi connectivity index (χ2n) is 3.30. The number of nitro groups is 1. The second-order valence-corrected chi connectivity index (χ2v) is 3.30. The van der Waals surface area contributed by atoms with E-state index in [0.717, 1.165) is 0 Å². The third-order valence-electron chi connectivity index (χ3n) is 2.41. The molecule has 0 aliphatic heterocycles. The number of benzene rings is 1. The van der Waals surface area contributed by atoms with Gasteiger partial charge in [-0.15, -0.1) is 0 Å². The van der Waals surface area contributed by atoms with Crippen molar-refractivity contribution in [3.8, 4) is 0 Å². The standard InChI is InChI=1S/C10H7N3O3/c11-12-9-8(13(15)16)5-6-3-1-2-4-7(6)10(9)14/h1-5,10,14H. The van der Waals surface area contributed by atoms with Crippen LogP contribution in [0.5, 0.6) is 0 Å². The molecule has 0 saturated carbocycles. The lowest BCUT2D eigenvalue weighted by molar-refractivity contribution is -0.416. The van der Waals surface area contributed by atoms with Crippen molar-refractivity contribution in [2.45, 2.75) is 6.10 Å². The van der Waals surface area contributed by atoms with Gasteiger partial charge in [-0.1, -0.05) is 24.3 Å². The summed E-state index contributed by atoms with van der Waals surface area (Å²) >= 11 is 0. The molecule has 0 saturated heterocycles. The maximum Gasteiger partial charge on any atom is 0.400 e. The van der Waals surface area contributed by atoms with Crippen molar-refractivity contribution >= 4 is 11.8 Å². The van der Waals surface area contributed by atoms with Crippen LogP contribution in [0.3, 0.4) is 0 Å². The van der Waals surface area contributed by atoms with Crippen LogP contribution in [0.1, 0.15) is 17.2 Å². The van der Waals surface area contributed by atoms with Crippen molar-refractivity contribution in [1.29, 1.82) is 0 Å². The fraction of sp³-hybridized carbons (Fsp3) is 0.100. The Morgan fingerprint density at radius 1 is 1.44 bits per heavy atom. The van der Waals surface area contributed by atoms with Gasteiger partial charge in [-0.05, 0) is 5.56 Å². The molecule has 1 aliphatic carbocycles. The van der Waals surface area contributed by atoms with E-state index in [1.165, 1.54) is 6.08 Å². The van der Waals surface area contributed by atoms with E-state index in [9.17, 15) is 15.2 Å². The molecule has 0 radical (unpaired) electrons. The molecule has 0 fully saturated rings. The van der Waals surface area contributed by atoms with Gasteiger partial charge in [0.25, 0.3) is 0 Å². The number of hydrogen-bond acceptors (Lipinski definition) is 3. The zero-order valence-electron chi connectivity index (χ0n) is 8.07. The highest BCUT2D eigenvalue weighted by molar-refractivity contribution is 6.04. The predicted molar refractivity (Wildman–Crippen MR) is 55.0 cm³/mol. The van der Waals surface area contributed by atoms with E-state index in [-0.39, 0.29) is 5.71 Å². The van der Waals surface area contributed by atoms with Crippen LogP contribution in [0.2, 0.25) is 0 Å². The molecule has 1 aliphatic rings. The molecular weight excluding hydrogens is 210 g/mol. The van der Waals surface area contributed by atoms with E-state index >= 15 is 0 Å². The molecular formula is C10H7N3O3. The zero-order valence-corrected chi connectivity index (χ0v) is 8.07. The molecule has 1 N–H and O–H groups in total. The van der Waals surface area contributed by atoms with Crippen LogP contribution >= 0.6 is 0 Å². The van der Waals surface area contributed by atoms with Crippen LogP contribution in [0.4, 0.5) is 0 Å². The SMILES string of the molecule is [N-]=[N+]=C1C([N+](=O)[O-])=Cc2ccccc2C1O. The van der Waals surface area contributed by atoms with Crippen molar-refractivity contribution in [1.82, 2.24) is 0 Å². The number of hydrogen-bond donors (Lipinski definition) is 1. The fourth-order valence-electron chi connectivity index (χ4n) is 1.65. The lowest BCUT2D eigenvalue weighted by atomic mass is 9.91. The Bertz CT molecular complexity index is 544. The molecule has 6 heteroatoms. The zero-order chi connectivity index (χ0) is 11.7. The van der Waals surface area contributed by atoms with Crippen molar-refractivity contribution in [2.75, 3.05) is 0 Å².